The first-order valence-electron chi connectivity index (χ1n) is 13.6. The van der Waals surface area contributed by atoms with Crippen molar-refractivity contribution >= 4 is 27.5 Å². The van der Waals surface area contributed by atoms with Gasteiger partial charge in [0, 0.05) is 36.8 Å². The van der Waals surface area contributed by atoms with Gasteiger partial charge in [0.25, 0.3) is 10.0 Å². The lowest BCUT2D eigenvalue weighted by Crippen LogP contribution is -2.43. The monoisotopic (exact) mass is 557 g/mol. The maximum Gasteiger partial charge on any atom is 0.311 e. The van der Waals surface area contributed by atoms with Crippen molar-refractivity contribution in [2.75, 3.05) is 24.1 Å². The third-order valence-corrected chi connectivity index (χ3v) is 9.19. The second-order valence-corrected chi connectivity index (χ2v) is 13.3. The van der Waals surface area contributed by atoms with Gasteiger partial charge in [0.05, 0.1) is 22.6 Å². The molecule has 0 aliphatic carbocycles. The lowest BCUT2D eigenvalue weighted by Gasteiger charge is -2.35. The van der Waals surface area contributed by atoms with Gasteiger partial charge in [0.1, 0.15) is 12.4 Å². The SMILES string of the molecule is CCc1ccc2c(c1)C(=O)CC(C)N2S(=O)(=O)c1ccc(OCC2CCOCC2)c(COC(=O)C(C)(C)C)c1. The van der Waals surface area contributed by atoms with Gasteiger partial charge < -0.3 is 14.2 Å². The zero-order chi connectivity index (χ0) is 28.4. The Bertz CT molecular complexity index is 1320. The van der Waals surface area contributed by atoms with Crippen LogP contribution >= 0.6 is 0 Å². The minimum atomic E-state index is -4.04. The van der Waals surface area contributed by atoms with E-state index in [9.17, 15) is 18.0 Å². The molecule has 0 spiro atoms. The molecule has 2 aliphatic heterocycles. The van der Waals surface area contributed by atoms with E-state index < -0.39 is 27.4 Å². The van der Waals surface area contributed by atoms with Crippen molar-refractivity contribution in [2.45, 2.75) is 77.8 Å². The lowest BCUT2D eigenvalue weighted by atomic mass is 9.95. The van der Waals surface area contributed by atoms with Gasteiger partial charge >= 0.3 is 5.97 Å². The first kappa shape index (κ1) is 29.1. The first-order chi connectivity index (χ1) is 18.4. The Hall–Kier alpha value is -2.91. The molecule has 1 saturated heterocycles. The number of carbonyl (C=O) groups excluding carboxylic acids is 2. The highest BCUT2D eigenvalue weighted by atomic mass is 32.2. The molecule has 0 aromatic heterocycles. The molecule has 0 radical (unpaired) electrons. The minimum absolute atomic E-state index is 0.0504. The van der Waals surface area contributed by atoms with E-state index in [0.29, 0.717) is 48.3 Å². The first-order valence-corrected chi connectivity index (χ1v) is 15.1. The van der Waals surface area contributed by atoms with E-state index in [4.69, 9.17) is 14.2 Å². The number of anilines is 1. The molecule has 9 heteroatoms. The van der Waals surface area contributed by atoms with Gasteiger partial charge in [-0.25, -0.2) is 8.42 Å². The zero-order valence-corrected chi connectivity index (χ0v) is 24.3. The maximum absolute atomic E-state index is 14.0. The van der Waals surface area contributed by atoms with Crippen molar-refractivity contribution in [3.63, 3.8) is 0 Å². The van der Waals surface area contributed by atoms with Crippen LogP contribution in [0, 0.1) is 11.3 Å². The van der Waals surface area contributed by atoms with E-state index in [0.717, 1.165) is 24.8 Å². The van der Waals surface area contributed by atoms with Crippen molar-refractivity contribution in [3.8, 4) is 5.75 Å². The normalized spacial score (nSPS) is 18.5. The molecule has 1 unspecified atom stereocenters. The van der Waals surface area contributed by atoms with Crippen LogP contribution in [-0.2, 0) is 37.3 Å². The fourth-order valence-electron chi connectivity index (χ4n) is 4.85. The average molecular weight is 558 g/mol. The molecule has 0 N–H and O–H groups in total. The van der Waals surface area contributed by atoms with E-state index in [1.807, 2.05) is 13.0 Å². The number of hydrogen-bond donors (Lipinski definition) is 0. The molecule has 0 bridgehead atoms. The largest absolute Gasteiger partial charge is 0.493 e. The number of sulfonamides is 1. The number of ether oxygens (including phenoxy) is 3. The van der Waals surface area contributed by atoms with Crippen molar-refractivity contribution in [1.29, 1.82) is 0 Å². The Kier molecular flexibility index (Phi) is 8.71. The van der Waals surface area contributed by atoms with Crippen molar-refractivity contribution < 1.29 is 32.2 Å². The quantitative estimate of drug-likeness (QED) is 0.406. The standard InChI is InChI=1S/C30H39NO7S/c1-6-21-7-9-26-25(16-21)27(32)15-20(2)31(26)39(34,35)24-8-10-28(37-18-22-11-13-36-14-12-22)23(17-24)19-38-29(33)30(3,4)5/h7-10,16-17,20,22H,6,11-15,18-19H2,1-5H3. The number of Topliss-reactive ketones (excluding diaryl/α,β-unsaturated/α-hetero) is 1. The summed E-state index contributed by atoms with van der Waals surface area (Å²) in [5.74, 6) is 0.362. The summed E-state index contributed by atoms with van der Waals surface area (Å²) in [5, 5.41) is 0. The van der Waals surface area contributed by atoms with Gasteiger partial charge in [0.15, 0.2) is 5.78 Å². The number of ketones is 1. The lowest BCUT2D eigenvalue weighted by molar-refractivity contribution is -0.154. The molecule has 0 saturated carbocycles. The summed E-state index contributed by atoms with van der Waals surface area (Å²) in [6.45, 7) is 10.8. The van der Waals surface area contributed by atoms with E-state index in [2.05, 4.69) is 0 Å². The minimum Gasteiger partial charge on any atom is -0.493 e. The van der Waals surface area contributed by atoms with Crippen molar-refractivity contribution in [3.05, 3.63) is 53.1 Å². The van der Waals surface area contributed by atoms with E-state index in [1.165, 1.54) is 16.4 Å². The molecular weight excluding hydrogens is 518 g/mol. The summed E-state index contributed by atoms with van der Waals surface area (Å²) in [4.78, 5) is 25.4. The molecular formula is C30H39NO7S. The van der Waals surface area contributed by atoms with E-state index >= 15 is 0 Å². The molecule has 1 fully saturated rings. The highest BCUT2D eigenvalue weighted by Gasteiger charge is 2.37. The molecule has 1 atom stereocenters. The van der Waals surface area contributed by atoms with Crippen LogP contribution in [0.25, 0.3) is 0 Å². The summed E-state index contributed by atoms with van der Waals surface area (Å²) in [7, 11) is -4.04. The van der Waals surface area contributed by atoms with Gasteiger partial charge in [-0.15, -0.1) is 0 Å². The average Bonchev–Trinajstić information content (AvgIpc) is 2.90. The zero-order valence-electron chi connectivity index (χ0n) is 23.5. The molecule has 0 amide bonds. The second-order valence-electron chi connectivity index (χ2n) is 11.4. The predicted molar refractivity (Wildman–Crippen MR) is 149 cm³/mol. The van der Waals surface area contributed by atoms with Gasteiger partial charge in [0.2, 0.25) is 0 Å². The molecule has 4 rings (SSSR count). The third-order valence-electron chi connectivity index (χ3n) is 7.26. The van der Waals surface area contributed by atoms with Crippen LogP contribution in [0.2, 0.25) is 0 Å². The van der Waals surface area contributed by atoms with Crippen LogP contribution in [0.3, 0.4) is 0 Å². The van der Waals surface area contributed by atoms with E-state index in [-0.39, 0.29) is 23.7 Å². The highest BCUT2D eigenvalue weighted by Crippen LogP contribution is 2.37. The van der Waals surface area contributed by atoms with Crippen LogP contribution in [-0.4, -0.2) is 46.0 Å². The summed E-state index contributed by atoms with van der Waals surface area (Å²) < 4.78 is 46.5. The number of hydrogen-bond acceptors (Lipinski definition) is 7. The van der Waals surface area contributed by atoms with Crippen LogP contribution < -0.4 is 9.04 Å². The second kappa shape index (κ2) is 11.7. The van der Waals surface area contributed by atoms with Gasteiger partial charge in [-0.1, -0.05) is 13.0 Å². The summed E-state index contributed by atoms with van der Waals surface area (Å²) in [5.41, 5.74) is 1.55. The Morgan fingerprint density at radius 3 is 2.49 bits per heavy atom. The fourth-order valence-corrected chi connectivity index (χ4v) is 6.57. The van der Waals surface area contributed by atoms with Crippen LogP contribution in [0.15, 0.2) is 41.3 Å². The number of aryl methyl sites for hydroxylation is 1. The predicted octanol–water partition coefficient (Wildman–Crippen LogP) is 5.31. The van der Waals surface area contributed by atoms with Crippen LogP contribution in [0.1, 0.15) is 75.4 Å². The topological polar surface area (TPSA) is 99.2 Å². The number of esters is 1. The van der Waals surface area contributed by atoms with Gasteiger partial charge in [-0.3, -0.25) is 13.9 Å². The van der Waals surface area contributed by atoms with Gasteiger partial charge in [-0.2, -0.15) is 0 Å². The Morgan fingerprint density at radius 2 is 1.82 bits per heavy atom. The maximum atomic E-state index is 14.0. The van der Waals surface area contributed by atoms with Crippen LogP contribution in [0.5, 0.6) is 5.75 Å². The number of nitrogens with zero attached hydrogens (tertiary/aromatic N) is 1. The molecule has 2 aromatic rings. The van der Waals surface area contributed by atoms with Crippen molar-refractivity contribution in [1.82, 2.24) is 0 Å². The van der Waals surface area contributed by atoms with Crippen LogP contribution in [0.4, 0.5) is 5.69 Å². The Morgan fingerprint density at radius 1 is 1.10 bits per heavy atom. The number of carbonyl (C=O) groups is 2. The molecule has 39 heavy (non-hydrogen) atoms. The molecule has 2 aliphatic rings. The van der Waals surface area contributed by atoms with E-state index in [1.54, 1.807) is 45.9 Å². The molecule has 2 aromatic carbocycles. The summed E-state index contributed by atoms with van der Waals surface area (Å²) in [6, 6.07) is 9.49. The van der Waals surface area contributed by atoms with Crippen molar-refractivity contribution in [2.24, 2.45) is 11.3 Å². The van der Waals surface area contributed by atoms with Gasteiger partial charge in [-0.05, 0) is 88.8 Å². The highest BCUT2D eigenvalue weighted by molar-refractivity contribution is 7.92. The summed E-state index contributed by atoms with van der Waals surface area (Å²) in [6.07, 6.45) is 2.63. The molecule has 212 valence electrons. The third kappa shape index (κ3) is 6.47. The number of rotatable bonds is 8. The number of fused-ring (bicyclic) bond motifs is 1. The molecule has 2 heterocycles. The Balaban J connectivity index is 1.68. The number of benzene rings is 2. The summed E-state index contributed by atoms with van der Waals surface area (Å²) >= 11 is 0. The fraction of sp³-hybridized carbons (Fsp3) is 0.533. The molecule has 8 nitrogen and oxygen atoms in total. The Labute approximate surface area is 231 Å². The smallest absolute Gasteiger partial charge is 0.311 e.